The monoisotopic (exact) mass is 393 g/mol. The zero-order chi connectivity index (χ0) is 20.0. The van der Waals surface area contributed by atoms with E-state index in [2.05, 4.69) is 5.32 Å². The molecule has 0 unspecified atom stereocenters. The molecule has 1 aliphatic heterocycles. The molecule has 2 atom stereocenters. The Morgan fingerprint density at radius 1 is 1.33 bits per heavy atom. The molecule has 1 fully saturated rings. The largest absolute Gasteiger partial charge is 0.462 e. The number of carbonyl (C=O) groups is 1. The van der Waals surface area contributed by atoms with Gasteiger partial charge in [0.1, 0.15) is 6.07 Å². The Kier molecular flexibility index (Phi) is 6.96. The van der Waals surface area contributed by atoms with Gasteiger partial charge in [-0.25, -0.2) is 13.2 Å². The number of sulfonamides is 1. The summed E-state index contributed by atoms with van der Waals surface area (Å²) in [5, 5.41) is 11.8. The van der Waals surface area contributed by atoms with E-state index in [4.69, 9.17) is 14.7 Å². The fraction of sp³-hybridized carbons (Fsp3) is 0.444. The van der Waals surface area contributed by atoms with Gasteiger partial charge in [-0.1, -0.05) is 0 Å². The van der Waals surface area contributed by atoms with E-state index in [0.29, 0.717) is 18.8 Å². The van der Waals surface area contributed by atoms with Crippen LogP contribution in [0.25, 0.3) is 0 Å². The quantitative estimate of drug-likeness (QED) is 0.446. The van der Waals surface area contributed by atoms with Crippen LogP contribution in [0.1, 0.15) is 20.8 Å². The van der Waals surface area contributed by atoms with Crippen LogP contribution in [0.4, 0.5) is 5.69 Å². The molecule has 2 rings (SSSR count). The van der Waals surface area contributed by atoms with Crippen molar-refractivity contribution in [1.82, 2.24) is 4.31 Å². The molecule has 1 N–H and O–H groups in total. The predicted molar refractivity (Wildman–Crippen MR) is 99.2 cm³/mol. The van der Waals surface area contributed by atoms with Crippen LogP contribution >= 0.6 is 0 Å². The molecule has 1 aromatic carbocycles. The Balaban J connectivity index is 2.12. The average Bonchev–Trinajstić information content (AvgIpc) is 2.62. The molecular formula is C18H23N3O5S. The summed E-state index contributed by atoms with van der Waals surface area (Å²) in [5.74, 6) is -0.720. The molecule has 27 heavy (non-hydrogen) atoms. The van der Waals surface area contributed by atoms with Gasteiger partial charge in [-0.3, -0.25) is 0 Å². The molecule has 1 aromatic rings. The fourth-order valence-electron chi connectivity index (χ4n) is 2.70. The van der Waals surface area contributed by atoms with Crippen molar-refractivity contribution < 1.29 is 22.7 Å². The lowest BCUT2D eigenvalue weighted by Crippen LogP contribution is -2.48. The van der Waals surface area contributed by atoms with Crippen LogP contribution in [-0.4, -0.2) is 50.6 Å². The van der Waals surface area contributed by atoms with E-state index in [1.807, 2.05) is 13.8 Å². The Labute approximate surface area is 159 Å². The van der Waals surface area contributed by atoms with Crippen LogP contribution in [0.5, 0.6) is 0 Å². The number of carbonyl (C=O) groups excluding carboxylic acids is 1. The van der Waals surface area contributed by atoms with Crippen LogP contribution in [0.2, 0.25) is 0 Å². The van der Waals surface area contributed by atoms with E-state index in [1.165, 1.54) is 22.6 Å². The van der Waals surface area contributed by atoms with Crippen LogP contribution in [0.15, 0.2) is 40.9 Å². The molecule has 146 valence electrons. The number of rotatable bonds is 6. The number of ether oxygens (including phenoxy) is 2. The first-order chi connectivity index (χ1) is 12.8. The Bertz CT molecular complexity index is 833. The highest BCUT2D eigenvalue weighted by atomic mass is 32.2. The number of benzene rings is 1. The van der Waals surface area contributed by atoms with Crippen LogP contribution in [0, 0.1) is 11.3 Å². The summed E-state index contributed by atoms with van der Waals surface area (Å²) in [6, 6.07) is 7.84. The van der Waals surface area contributed by atoms with E-state index >= 15 is 0 Å². The predicted octanol–water partition coefficient (Wildman–Crippen LogP) is 1.87. The molecule has 0 amide bonds. The number of hydrogen-bond donors (Lipinski definition) is 1. The first-order valence-corrected chi connectivity index (χ1v) is 10.0. The van der Waals surface area contributed by atoms with Gasteiger partial charge in [-0.15, -0.1) is 0 Å². The van der Waals surface area contributed by atoms with Gasteiger partial charge >= 0.3 is 5.97 Å². The highest BCUT2D eigenvalue weighted by Crippen LogP contribution is 2.22. The topological polar surface area (TPSA) is 109 Å². The normalized spacial score (nSPS) is 21.3. The second-order valence-corrected chi connectivity index (χ2v) is 8.08. The van der Waals surface area contributed by atoms with Crippen molar-refractivity contribution in [3.63, 3.8) is 0 Å². The highest BCUT2D eigenvalue weighted by molar-refractivity contribution is 7.89. The molecule has 0 radical (unpaired) electrons. The summed E-state index contributed by atoms with van der Waals surface area (Å²) in [6.45, 7) is 6.11. The Hall–Kier alpha value is -2.41. The number of nitrogens with zero attached hydrogens (tertiary/aromatic N) is 2. The number of nitrogens with one attached hydrogen (secondary N) is 1. The maximum Gasteiger partial charge on any atom is 0.350 e. The third-order valence-electron chi connectivity index (χ3n) is 3.88. The molecule has 0 saturated carbocycles. The lowest BCUT2D eigenvalue weighted by Gasteiger charge is -2.34. The van der Waals surface area contributed by atoms with Gasteiger partial charge in [0.25, 0.3) is 0 Å². The van der Waals surface area contributed by atoms with Gasteiger partial charge in [0, 0.05) is 25.0 Å². The molecular weight excluding hydrogens is 370 g/mol. The first kappa shape index (κ1) is 20.9. The average molecular weight is 393 g/mol. The number of anilines is 1. The van der Waals surface area contributed by atoms with Gasteiger partial charge in [0.05, 0.1) is 23.7 Å². The van der Waals surface area contributed by atoms with Gasteiger partial charge in [-0.2, -0.15) is 9.57 Å². The van der Waals surface area contributed by atoms with Crippen molar-refractivity contribution >= 4 is 21.7 Å². The van der Waals surface area contributed by atoms with E-state index in [0.717, 1.165) is 0 Å². The summed E-state index contributed by atoms with van der Waals surface area (Å²) < 4.78 is 37.4. The number of nitriles is 1. The second-order valence-electron chi connectivity index (χ2n) is 6.14. The van der Waals surface area contributed by atoms with Gasteiger partial charge in [0.15, 0.2) is 5.57 Å². The standard InChI is InChI=1S/C18H23N3O5S/c1-4-25-18(22)15(9-19)10-20-16-5-7-17(8-6-16)27(23,24)21-11-13(2)26-14(3)12-21/h5-8,10,13-14,20H,4,11-12H2,1-3H3/b15-10+/t13-,14-/m0/s1. The zero-order valence-corrected chi connectivity index (χ0v) is 16.3. The molecule has 1 saturated heterocycles. The summed E-state index contributed by atoms with van der Waals surface area (Å²) in [7, 11) is -3.62. The maximum atomic E-state index is 12.8. The van der Waals surface area contributed by atoms with Crippen molar-refractivity contribution in [2.45, 2.75) is 37.9 Å². The highest BCUT2D eigenvalue weighted by Gasteiger charge is 2.32. The van der Waals surface area contributed by atoms with Crippen molar-refractivity contribution in [3.8, 4) is 6.07 Å². The van der Waals surface area contributed by atoms with Gasteiger partial charge in [-0.05, 0) is 45.0 Å². The smallest absolute Gasteiger partial charge is 0.350 e. The lowest BCUT2D eigenvalue weighted by atomic mass is 10.3. The summed E-state index contributed by atoms with van der Waals surface area (Å²) in [4.78, 5) is 11.7. The van der Waals surface area contributed by atoms with Gasteiger partial charge in [0.2, 0.25) is 10.0 Å². The van der Waals surface area contributed by atoms with Crippen LogP contribution < -0.4 is 5.32 Å². The maximum absolute atomic E-state index is 12.8. The van der Waals surface area contributed by atoms with Crippen molar-refractivity contribution in [2.24, 2.45) is 0 Å². The summed E-state index contributed by atoms with van der Waals surface area (Å²) in [6.07, 6.45) is 0.899. The second kappa shape index (κ2) is 8.99. The fourth-order valence-corrected chi connectivity index (χ4v) is 4.29. The molecule has 1 heterocycles. The van der Waals surface area contributed by atoms with Crippen molar-refractivity contribution in [1.29, 1.82) is 5.26 Å². The molecule has 8 nitrogen and oxygen atoms in total. The Morgan fingerprint density at radius 2 is 1.93 bits per heavy atom. The zero-order valence-electron chi connectivity index (χ0n) is 15.5. The van der Waals surface area contributed by atoms with Crippen LogP contribution in [-0.2, 0) is 24.3 Å². The summed E-state index contributed by atoms with van der Waals surface area (Å²) >= 11 is 0. The van der Waals surface area contributed by atoms with Crippen molar-refractivity contribution in [2.75, 3.05) is 25.0 Å². The minimum atomic E-state index is -3.62. The van der Waals surface area contributed by atoms with E-state index < -0.39 is 16.0 Å². The van der Waals surface area contributed by atoms with E-state index in [9.17, 15) is 13.2 Å². The first-order valence-electron chi connectivity index (χ1n) is 8.57. The van der Waals surface area contributed by atoms with Gasteiger partial charge < -0.3 is 14.8 Å². The third kappa shape index (κ3) is 5.29. The lowest BCUT2D eigenvalue weighted by molar-refractivity contribution is -0.138. The van der Waals surface area contributed by atoms with Crippen LogP contribution in [0.3, 0.4) is 0 Å². The Morgan fingerprint density at radius 3 is 2.44 bits per heavy atom. The summed E-state index contributed by atoms with van der Waals surface area (Å²) in [5.41, 5.74) is 0.361. The molecule has 1 aliphatic rings. The SMILES string of the molecule is CCOC(=O)/C(C#N)=C/Nc1ccc(S(=O)(=O)N2C[C@H](C)O[C@@H](C)C2)cc1. The van der Waals surface area contributed by atoms with Crippen molar-refractivity contribution in [3.05, 3.63) is 36.0 Å². The molecule has 0 spiro atoms. The minimum absolute atomic E-state index is 0.165. The number of esters is 1. The van der Waals surface area contributed by atoms with E-state index in [1.54, 1.807) is 25.1 Å². The minimum Gasteiger partial charge on any atom is -0.462 e. The molecule has 0 aromatic heterocycles. The number of hydrogen-bond acceptors (Lipinski definition) is 7. The molecule has 0 bridgehead atoms. The third-order valence-corrected chi connectivity index (χ3v) is 5.72. The molecule has 9 heteroatoms. The molecule has 0 aliphatic carbocycles. The number of morpholine rings is 1. The van der Waals surface area contributed by atoms with E-state index in [-0.39, 0.29) is 29.3 Å².